The third kappa shape index (κ3) is 2.26. The standard InChI is InChI=1S/C21H29BrO2/c1-20-9-7-14(23)11-13(20)3-4-15-16-5-6-18(19(24)12-22)21(16,2)10-8-17(15)20/h11,15-18H,3-10,12H2,1-2H3. The minimum Gasteiger partial charge on any atom is -0.298 e. The van der Waals surface area contributed by atoms with Gasteiger partial charge in [0.05, 0.1) is 5.33 Å². The van der Waals surface area contributed by atoms with Crippen molar-refractivity contribution >= 4 is 27.5 Å². The van der Waals surface area contributed by atoms with E-state index in [4.69, 9.17) is 0 Å². The van der Waals surface area contributed by atoms with Gasteiger partial charge in [-0.2, -0.15) is 0 Å². The zero-order valence-electron chi connectivity index (χ0n) is 14.9. The highest BCUT2D eigenvalue weighted by Crippen LogP contribution is 2.66. The third-order valence-corrected chi connectivity index (χ3v) is 9.04. The molecule has 0 radical (unpaired) electrons. The van der Waals surface area contributed by atoms with Gasteiger partial charge in [-0.1, -0.05) is 35.4 Å². The molecule has 0 aliphatic heterocycles. The topological polar surface area (TPSA) is 34.1 Å². The van der Waals surface area contributed by atoms with Crippen molar-refractivity contribution in [3.63, 3.8) is 0 Å². The maximum Gasteiger partial charge on any atom is 0.155 e. The number of ketones is 2. The Morgan fingerprint density at radius 3 is 2.67 bits per heavy atom. The summed E-state index contributed by atoms with van der Waals surface area (Å²) in [4.78, 5) is 24.4. The first-order valence-corrected chi connectivity index (χ1v) is 10.8. The van der Waals surface area contributed by atoms with Gasteiger partial charge in [-0.15, -0.1) is 0 Å². The third-order valence-electron chi connectivity index (χ3n) is 8.48. The predicted molar refractivity (Wildman–Crippen MR) is 99.0 cm³/mol. The van der Waals surface area contributed by atoms with Gasteiger partial charge in [-0.25, -0.2) is 0 Å². The van der Waals surface area contributed by atoms with E-state index in [0.29, 0.717) is 22.8 Å². The van der Waals surface area contributed by atoms with Crippen LogP contribution < -0.4 is 0 Å². The number of hydrogen-bond donors (Lipinski definition) is 0. The van der Waals surface area contributed by atoms with Crippen molar-refractivity contribution in [3.8, 4) is 0 Å². The van der Waals surface area contributed by atoms with Crippen molar-refractivity contribution in [2.24, 2.45) is 34.5 Å². The number of fused-ring (bicyclic) bond motifs is 5. The number of halogens is 1. The molecule has 0 aromatic carbocycles. The molecule has 3 heteroatoms. The van der Waals surface area contributed by atoms with Crippen LogP contribution in [0.3, 0.4) is 0 Å². The second-order valence-corrected chi connectivity index (χ2v) is 9.80. The molecule has 6 unspecified atom stereocenters. The summed E-state index contributed by atoms with van der Waals surface area (Å²) in [7, 11) is 0. The first kappa shape index (κ1) is 17.0. The van der Waals surface area contributed by atoms with Crippen molar-refractivity contribution in [3.05, 3.63) is 11.6 Å². The normalized spacial score (nSPS) is 47.5. The molecule has 0 heterocycles. The lowest BCUT2D eigenvalue weighted by molar-refractivity contribution is -0.128. The van der Waals surface area contributed by atoms with Crippen LogP contribution in [0, 0.1) is 34.5 Å². The van der Waals surface area contributed by atoms with Gasteiger partial charge >= 0.3 is 0 Å². The van der Waals surface area contributed by atoms with E-state index in [1.54, 1.807) is 0 Å². The number of Topliss-reactive ketones (excluding diaryl/α,β-unsaturated/α-hetero) is 1. The van der Waals surface area contributed by atoms with Crippen LogP contribution >= 0.6 is 15.9 Å². The number of carbonyl (C=O) groups excluding carboxylic acids is 2. The fraction of sp³-hybridized carbons (Fsp3) is 0.810. The van der Waals surface area contributed by atoms with E-state index >= 15 is 0 Å². The summed E-state index contributed by atoms with van der Waals surface area (Å²) >= 11 is 3.41. The van der Waals surface area contributed by atoms with E-state index in [1.807, 2.05) is 6.08 Å². The van der Waals surface area contributed by atoms with Crippen LogP contribution in [0.5, 0.6) is 0 Å². The number of alkyl halides is 1. The number of carbonyl (C=O) groups is 2. The van der Waals surface area contributed by atoms with Crippen LogP contribution in [-0.2, 0) is 9.59 Å². The zero-order valence-corrected chi connectivity index (χ0v) is 16.5. The van der Waals surface area contributed by atoms with Crippen LogP contribution in [0.15, 0.2) is 11.6 Å². The van der Waals surface area contributed by atoms with Crippen LogP contribution in [0.1, 0.15) is 65.2 Å². The van der Waals surface area contributed by atoms with E-state index in [-0.39, 0.29) is 16.7 Å². The number of rotatable bonds is 2. The summed E-state index contributed by atoms with van der Waals surface area (Å²) in [6, 6.07) is 0. The summed E-state index contributed by atoms with van der Waals surface area (Å²) in [6.45, 7) is 4.84. The Balaban J connectivity index is 1.65. The predicted octanol–water partition coefficient (Wildman–Crippen LogP) is 5.10. The Hall–Kier alpha value is -0.440. The van der Waals surface area contributed by atoms with E-state index < -0.39 is 0 Å². The largest absolute Gasteiger partial charge is 0.298 e. The molecule has 132 valence electrons. The molecule has 0 aromatic heterocycles. The summed E-state index contributed by atoms with van der Waals surface area (Å²) < 4.78 is 0. The minimum absolute atomic E-state index is 0.216. The zero-order chi connectivity index (χ0) is 17.1. The van der Waals surface area contributed by atoms with Crippen molar-refractivity contribution in [1.29, 1.82) is 0 Å². The molecular formula is C21H29BrO2. The summed E-state index contributed by atoms with van der Waals surface area (Å²) in [5.41, 5.74) is 1.90. The van der Waals surface area contributed by atoms with Crippen LogP contribution in [-0.4, -0.2) is 16.9 Å². The molecule has 24 heavy (non-hydrogen) atoms. The smallest absolute Gasteiger partial charge is 0.155 e. The Morgan fingerprint density at radius 1 is 1.12 bits per heavy atom. The molecular weight excluding hydrogens is 364 g/mol. The van der Waals surface area contributed by atoms with Crippen LogP contribution in [0.4, 0.5) is 0 Å². The molecule has 4 aliphatic carbocycles. The minimum atomic E-state index is 0.216. The van der Waals surface area contributed by atoms with E-state index in [2.05, 4.69) is 29.8 Å². The maximum absolute atomic E-state index is 12.5. The molecule has 3 saturated carbocycles. The quantitative estimate of drug-likeness (QED) is 0.612. The average Bonchev–Trinajstić information content (AvgIpc) is 2.92. The number of hydrogen-bond acceptors (Lipinski definition) is 2. The first-order chi connectivity index (χ1) is 11.4. The molecule has 3 fully saturated rings. The van der Waals surface area contributed by atoms with Crippen LogP contribution in [0.25, 0.3) is 0 Å². The van der Waals surface area contributed by atoms with Gasteiger partial charge in [-0.05, 0) is 79.6 Å². The van der Waals surface area contributed by atoms with E-state index in [9.17, 15) is 9.59 Å². The molecule has 0 saturated heterocycles. The van der Waals surface area contributed by atoms with E-state index in [0.717, 1.165) is 37.5 Å². The Morgan fingerprint density at radius 2 is 1.92 bits per heavy atom. The molecule has 0 N–H and O–H groups in total. The molecule has 6 atom stereocenters. The van der Waals surface area contributed by atoms with Gasteiger partial charge in [0.15, 0.2) is 5.78 Å². The van der Waals surface area contributed by atoms with Crippen molar-refractivity contribution < 1.29 is 9.59 Å². The van der Waals surface area contributed by atoms with Gasteiger partial charge in [0.1, 0.15) is 5.78 Å². The number of allylic oxidation sites excluding steroid dienone is 1. The summed E-state index contributed by atoms with van der Waals surface area (Å²) in [6.07, 6.45) is 10.9. The SMILES string of the molecule is CC12CCC(=O)C=C1CCC1C2CCC2(C)C(C(=O)CBr)CCC12. The van der Waals surface area contributed by atoms with Gasteiger partial charge in [0, 0.05) is 12.3 Å². The second kappa shape index (κ2) is 5.79. The van der Waals surface area contributed by atoms with Gasteiger partial charge in [-0.3, -0.25) is 9.59 Å². The Labute approximate surface area is 154 Å². The highest BCUT2D eigenvalue weighted by atomic mass is 79.9. The highest BCUT2D eigenvalue weighted by Gasteiger charge is 2.59. The molecule has 4 rings (SSSR count). The van der Waals surface area contributed by atoms with Gasteiger partial charge in [0.2, 0.25) is 0 Å². The van der Waals surface area contributed by atoms with Gasteiger partial charge in [0.25, 0.3) is 0 Å². The fourth-order valence-corrected chi connectivity index (χ4v) is 7.57. The molecule has 0 spiro atoms. The van der Waals surface area contributed by atoms with Crippen molar-refractivity contribution in [1.82, 2.24) is 0 Å². The Kier molecular flexibility index (Phi) is 4.10. The lowest BCUT2D eigenvalue weighted by Gasteiger charge is -2.58. The second-order valence-electron chi connectivity index (χ2n) is 9.24. The van der Waals surface area contributed by atoms with E-state index in [1.165, 1.54) is 31.3 Å². The van der Waals surface area contributed by atoms with Crippen LogP contribution in [0.2, 0.25) is 0 Å². The monoisotopic (exact) mass is 392 g/mol. The summed E-state index contributed by atoms with van der Waals surface area (Å²) in [5, 5.41) is 0.515. The summed E-state index contributed by atoms with van der Waals surface area (Å²) in [5.74, 6) is 3.21. The fourth-order valence-electron chi connectivity index (χ4n) is 7.18. The average molecular weight is 393 g/mol. The lowest BCUT2D eigenvalue weighted by Crippen LogP contribution is -2.51. The highest BCUT2D eigenvalue weighted by molar-refractivity contribution is 9.09. The molecule has 4 aliphatic rings. The first-order valence-electron chi connectivity index (χ1n) is 9.72. The molecule has 0 bridgehead atoms. The molecule has 0 aromatic rings. The molecule has 0 amide bonds. The van der Waals surface area contributed by atoms with Crippen molar-refractivity contribution in [2.45, 2.75) is 65.2 Å². The lowest BCUT2D eigenvalue weighted by atomic mass is 9.47. The van der Waals surface area contributed by atoms with Crippen molar-refractivity contribution in [2.75, 3.05) is 5.33 Å². The Bertz CT molecular complexity index is 609. The maximum atomic E-state index is 12.5. The van der Waals surface area contributed by atoms with Gasteiger partial charge < -0.3 is 0 Å². The molecule has 2 nitrogen and oxygen atoms in total.